The van der Waals surface area contributed by atoms with Crippen molar-refractivity contribution in [2.75, 3.05) is 0 Å². The molecule has 2 aromatic carbocycles. The van der Waals surface area contributed by atoms with Gasteiger partial charge in [-0.2, -0.15) is 0 Å². The van der Waals surface area contributed by atoms with Crippen LogP contribution in [0.4, 0.5) is 0 Å². The second-order valence-electron chi connectivity index (χ2n) is 3.02. The minimum absolute atomic E-state index is 0. The van der Waals surface area contributed by atoms with Gasteiger partial charge < -0.3 is 10.2 Å². The van der Waals surface area contributed by atoms with E-state index in [1.54, 1.807) is 6.07 Å². The van der Waals surface area contributed by atoms with Crippen molar-refractivity contribution in [2.45, 2.75) is 0 Å². The van der Waals surface area contributed by atoms with Crippen molar-refractivity contribution in [3.63, 3.8) is 0 Å². The van der Waals surface area contributed by atoms with E-state index in [0.717, 1.165) is 10.8 Å². The summed E-state index contributed by atoms with van der Waals surface area (Å²) in [6.45, 7) is 0. The molecule has 0 saturated heterocycles. The van der Waals surface area contributed by atoms with Crippen molar-refractivity contribution < 1.29 is 31.5 Å². The van der Waals surface area contributed by atoms with Gasteiger partial charge in [-0.15, -0.1) is 0 Å². The molecule has 2 aromatic rings. The van der Waals surface area contributed by atoms with Gasteiger partial charge in [-0.3, -0.25) is 0 Å². The van der Waals surface area contributed by atoms with E-state index in [2.05, 4.69) is 0 Å². The summed E-state index contributed by atoms with van der Waals surface area (Å²) in [6.07, 6.45) is 0. The number of phenols is 1. The van der Waals surface area contributed by atoms with Crippen LogP contribution < -0.4 is 0 Å². The van der Waals surface area contributed by atoms with Crippen LogP contribution in [0, 0.1) is 0 Å². The Balaban J connectivity index is 0.00000112. The number of carboxylic acid groups (broad SMARTS) is 1. The summed E-state index contributed by atoms with van der Waals surface area (Å²) in [4.78, 5) is 10.7. The Morgan fingerprint density at radius 1 is 1.07 bits per heavy atom. The zero-order valence-corrected chi connectivity index (χ0v) is 8.57. The van der Waals surface area contributed by atoms with E-state index in [0.29, 0.717) is 0 Å². The molecule has 15 heavy (non-hydrogen) atoms. The molecule has 0 unspecified atom stereocenters. The summed E-state index contributed by atoms with van der Waals surface area (Å²) in [7, 11) is 0. The monoisotopic (exact) mass is 246 g/mol. The standard InChI is InChI=1S/C11H8O3.Ni/c12-10-6-8-4-2-1-3-7(8)5-9(10)11(13)14;/h1-6,12H,(H,13,14);. The van der Waals surface area contributed by atoms with Crippen LogP contribution in [0.2, 0.25) is 0 Å². The maximum absolute atomic E-state index is 10.7. The SMILES string of the molecule is O=C(O)c1cc2ccccc2cc1O.[Ni]. The number of aromatic carboxylic acids is 1. The summed E-state index contributed by atoms with van der Waals surface area (Å²) < 4.78 is 0. The van der Waals surface area contributed by atoms with Gasteiger partial charge in [0.05, 0.1) is 0 Å². The minimum Gasteiger partial charge on any atom is -0.507 e. The fraction of sp³-hybridized carbons (Fsp3) is 0. The fourth-order valence-electron chi connectivity index (χ4n) is 1.40. The molecular formula is C11H8NiO3. The Hall–Kier alpha value is -1.54. The quantitative estimate of drug-likeness (QED) is 0.759. The molecule has 0 spiro atoms. The van der Waals surface area contributed by atoms with Crippen LogP contribution in [0.5, 0.6) is 5.75 Å². The number of hydrogen-bond acceptors (Lipinski definition) is 2. The van der Waals surface area contributed by atoms with Crippen molar-refractivity contribution in [3.05, 3.63) is 42.0 Å². The van der Waals surface area contributed by atoms with E-state index >= 15 is 0 Å². The van der Waals surface area contributed by atoms with Gasteiger partial charge in [0, 0.05) is 16.5 Å². The average Bonchev–Trinajstić information content (AvgIpc) is 2.16. The van der Waals surface area contributed by atoms with Crippen LogP contribution in [0.25, 0.3) is 10.8 Å². The topological polar surface area (TPSA) is 57.5 Å². The van der Waals surface area contributed by atoms with Crippen LogP contribution in [-0.4, -0.2) is 16.2 Å². The van der Waals surface area contributed by atoms with Crippen molar-refractivity contribution in [3.8, 4) is 5.75 Å². The van der Waals surface area contributed by atoms with Crippen molar-refractivity contribution in [2.24, 2.45) is 0 Å². The van der Waals surface area contributed by atoms with Crippen LogP contribution in [0.1, 0.15) is 10.4 Å². The van der Waals surface area contributed by atoms with Crippen LogP contribution in [-0.2, 0) is 16.5 Å². The number of aromatic hydroxyl groups is 1. The van der Waals surface area contributed by atoms with Crippen molar-refractivity contribution >= 4 is 16.7 Å². The summed E-state index contributed by atoms with van der Waals surface area (Å²) in [6, 6.07) is 10.2. The van der Waals surface area contributed by atoms with Gasteiger partial charge in [-0.25, -0.2) is 4.79 Å². The third kappa shape index (κ3) is 2.10. The largest absolute Gasteiger partial charge is 0.507 e. The Bertz CT molecular complexity index is 508. The molecule has 0 aliphatic heterocycles. The first kappa shape index (κ1) is 11.5. The van der Waals surface area contributed by atoms with Gasteiger partial charge in [-0.05, 0) is 22.9 Å². The predicted molar refractivity (Wildman–Crippen MR) is 52.6 cm³/mol. The van der Waals surface area contributed by atoms with E-state index in [9.17, 15) is 9.90 Å². The minimum atomic E-state index is -1.12. The molecule has 0 radical (unpaired) electrons. The normalized spacial score (nSPS) is 9.60. The molecule has 0 atom stereocenters. The molecule has 0 aliphatic carbocycles. The fourth-order valence-corrected chi connectivity index (χ4v) is 1.40. The molecule has 0 aromatic heterocycles. The summed E-state index contributed by atoms with van der Waals surface area (Å²) in [5, 5.41) is 19.8. The summed E-state index contributed by atoms with van der Waals surface area (Å²) in [5.41, 5.74) is -0.0660. The number of fused-ring (bicyclic) bond motifs is 1. The van der Waals surface area contributed by atoms with Gasteiger partial charge in [0.2, 0.25) is 0 Å². The van der Waals surface area contributed by atoms with Crippen LogP contribution >= 0.6 is 0 Å². The molecule has 4 heteroatoms. The summed E-state index contributed by atoms with van der Waals surface area (Å²) >= 11 is 0. The maximum Gasteiger partial charge on any atom is 0.339 e. The molecule has 0 aliphatic rings. The number of hydrogen-bond donors (Lipinski definition) is 2. The van der Waals surface area contributed by atoms with E-state index in [4.69, 9.17) is 5.11 Å². The Labute approximate surface area is 96.3 Å². The predicted octanol–water partition coefficient (Wildman–Crippen LogP) is 2.24. The second kappa shape index (κ2) is 4.32. The second-order valence-corrected chi connectivity index (χ2v) is 3.02. The van der Waals surface area contributed by atoms with Crippen LogP contribution in [0.15, 0.2) is 36.4 Å². The Kier molecular flexibility index (Phi) is 3.33. The zero-order chi connectivity index (χ0) is 10.1. The molecule has 0 fully saturated rings. The van der Waals surface area contributed by atoms with Crippen LogP contribution in [0.3, 0.4) is 0 Å². The Morgan fingerprint density at radius 2 is 1.60 bits per heavy atom. The van der Waals surface area contributed by atoms with Gasteiger partial charge in [0.1, 0.15) is 11.3 Å². The molecule has 3 nitrogen and oxygen atoms in total. The number of carbonyl (C=O) groups is 1. The smallest absolute Gasteiger partial charge is 0.339 e. The van der Waals surface area contributed by atoms with Gasteiger partial charge in [-0.1, -0.05) is 24.3 Å². The summed E-state index contributed by atoms with van der Waals surface area (Å²) in [5.74, 6) is -1.32. The molecule has 0 bridgehead atoms. The van der Waals surface area contributed by atoms with Crippen molar-refractivity contribution in [1.29, 1.82) is 0 Å². The number of benzene rings is 2. The van der Waals surface area contributed by atoms with Gasteiger partial charge in [0.25, 0.3) is 0 Å². The molecule has 0 amide bonds. The first-order chi connectivity index (χ1) is 6.68. The van der Waals surface area contributed by atoms with Crippen molar-refractivity contribution in [1.82, 2.24) is 0 Å². The van der Waals surface area contributed by atoms with Gasteiger partial charge in [0.15, 0.2) is 0 Å². The maximum atomic E-state index is 10.7. The van der Waals surface area contributed by atoms with E-state index in [1.165, 1.54) is 12.1 Å². The third-order valence-electron chi connectivity index (χ3n) is 2.09. The number of carboxylic acids is 1. The third-order valence-corrected chi connectivity index (χ3v) is 2.09. The van der Waals surface area contributed by atoms with E-state index < -0.39 is 5.97 Å². The molecule has 2 N–H and O–H groups in total. The Morgan fingerprint density at radius 3 is 2.13 bits per heavy atom. The number of rotatable bonds is 1. The molecular weight excluding hydrogens is 239 g/mol. The molecule has 0 saturated carbocycles. The molecule has 0 heterocycles. The van der Waals surface area contributed by atoms with Gasteiger partial charge >= 0.3 is 5.97 Å². The average molecular weight is 247 g/mol. The molecule has 80 valence electrons. The first-order valence-corrected chi connectivity index (χ1v) is 4.13. The molecule has 2 rings (SSSR count). The zero-order valence-electron chi connectivity index (χ0n) is 7.58. The van der Waals surface area contributed by atoms with E-state index in [1.807, 2.05) is 18.2 Å². The van der Waals surface area contributed by atoms with E-state index in [-0.39, 0.29) is 27.8 Å². The first-order valence-electron chi connectivity index (χ1n) is 4.13.